The fraction of sp³-hybridized carbons (Fsp3) is 0.538. The van der Waals surface area contributed by atoms with Crippen molar-refractivity contribution in [2.45, 2.75) is 24.7 Å². The normalized spacial score (nSPS) is 17.1. The van der Waals surface area contributed by atoms with E-state index in [9.17, 15) is 5.11 Å². The lowest BCUT2D eigenvalue weighted by Crippen LogP contribution is -2.41. The van der Waals surface area contributed by atoms with Gasteiger partial charge in [-0.2, -0.15) is 0 Å². The van der Waals surface area contributed by atoms with Crippen LogP contribution >= 0.6 is 15.9 Å². The van der Waals surface area contributed by atoms with E-state index in [1.54, 1.807) is 20.3 Å². The van der Waals surface area contributed by atoms with Gasteiger partial charge in [-0.05, 0) is 28.8 Å². The van der Waals surface area contributed by atoms with E-state index in [0.717, 1.165) is 29.3 Å². The van der Waals surface area contributed by atoms with Crippen molar-refractivity contribution in [1.29, 1.82) is 0 Å². The zero-order valence-corrected chi connectivity index (χ0v) is 12.2. The minimum Gasteiger partial charge on any atom is -0.507 e. The summed E-state index contributed by atoms with van der Waals surface area (Å²) in [6, 6.07) is 1.59. The van der Waals surface area contributed by atoms with Crippen LogP contribution in [-0.4, -0.2) is 25.9 Å². The van der Waals surface area contributed by atoms with Gasteiger partial charge >= 0.3 is 0 Å². The standard InChI is InChI=1S/C13H18BrNO3/c1-17-9-6-8(16)10(11(14)12(9)18-2)13(7-15)4-3-5-13/h6,16H,3-5,7,15H2,1-2H3. The van der Waals surface area contributed by atoms with Crippen LogP contribution in [-0.2, 0) is 5.41 Å². The van der Waals surface area contributed by atoms with Gasteiger partial charge < -0.3 is 20.3 Å². The summed E-state index contributed by atoms with van der Waals surface area (Å²) in [4.78, 5) is 0. The van der Waals surface area contributed by atoms with Crippen LogP contribution in [0, 0.1) is 0 Å². The van der Waals surface area contributed by atoms with E-state index >= 15 is 0 Å². The van der Waals surface area contributed by atoms with E-state index in [-0.39, 0.29) is 11.2 Å². The van der Waals surface area contributed by atoms with Gasteiger partial charge in [-0.3, -0.25) is 0 Å². The molecular formula is C13H18BrNO3. The predicted molar refractivity (Wildman–Crippen MR) is 73.5 cm³/mol. The summed E-state index contributed by atoms with van der Waals surface area (Å²) in [7, 11) is 3.13. The molecule has 3 N–H and O–H groups in total. The van der Waals surface area contributed by atoms with Crippen molar-refractivity contribution in [2.24, 2.45) is 5.73 Å². The topological polar surface area (TPSA) is 64.7 Å². The molecule has 0 aromatic heterocycles. The Morgan fingerprint density at radius 2 is 2.06 bits per heavy atom. The molecule has 4 nitrogen and oxygen atoms in total. The monoisotopic (exact) mass is 315 g/mol. The Kier molecular flexibility index (Phi) is 3.73. The van der Waals surface area contributed by atoms with E-state index in [4.69, 9.17) is 15.2 Å². The van der Waals surface area contributed by atoms with Gasteiger partial charge in [0.25, 0.3) is 0 Å². The number of halogens is 1. The number of rotatable bonds is 4. The highest BCUT2D eigenvalue weighted by Crippen LogP contribution is 2.53. The highest BCUT2D eigenvalue weighted by Gasteiger charge is 2.42. The molecule has 1 aromatic rings. The average molecular weight is 316 g/mol. The smallest absolute Gasteiger partial charge is 0.175 e. The van der Waals surface area contributed by atoms with Gasteiger partial charge in [-0.1, -0.05) is 6.42 Å². The Hall–Kier alpha value is -0.940. The molecule has 0 aliphatic heterocycles. The molecule has 5 heteroatoms. The first kappa shape index (κ1) is 13.5. The summed E-state index contributed by atoms with van der Waals surface area (Å²) in [6.07, 6.45) is 3.12. The Morgan fingerprint density at radius 1 is 1.39 bits per heavy atom. The quantitative estimate of drug-likeness (QED) is 0.896. The predicted octanol–water partition coefficient (Wildman–Crippen LogP) is 2.55. The van der Waals surface area contributed by atoms with Gasteiger partial charge in [0, 0.05) is 23.6 Å². The molecule has 0 heterocycles. The van der Waals surface area contributed by atoms with Crippen molar-refractivity contribution in [2.75, 3.05) is 20.8 Å². The summed E-state index contributed by atoms with van der Waals surface area (Å²) in [5, 5.41) is 10.2. The van der Waals surface area contributed by atoms with Crippen molar-refractivity contribution >= 4 is 15.9 Å². The summed E-state index contributed by atoms with van der Waals surface area (Å²) in [5.74, 6) is 1.33. The summed E-state index contributed by atoms with van der Waals surface area (Å²) in [6.45, 7) is 0.522. The van der Waals surface area contributed by atoms with Crippen molar-refractivity contribution in [3.05, 3.63) is 16.1 Å². The van der Waals surface area contributed by atoms with Crippen molar-refractivity contribution in [3.63, 3.8) is 0 Å². The molecule has 0 radical (unpaired) electrons. The summed E-state index contributed by atoms with van der Waals surface area (Å²) in [5.41, 5.74) is 6.60. The highest BCUT2D eigenvalue weighted by atomic mass is 79.9. The maximum absolute atomic E-state index is 10.2. The molecule has 0 spiro atoms. The maximum Gasteiger partial charge on any atom is 0.175 e. The van der Waals surface area contributed by atoms with E-state index in [1.165, 1.54) is 0 Å². The number of methoxy groups -OCH3 is 2. The number of hydrogen-bond acceptors (Lipinski definition) is 4. The molecule has 0 unspecified atom stereocenters. The molecule has 18 heavy (non-hydrogen) atoms. The second-order valence-corrected chi connectivity index (χ2v) is 5.45. The van der Waals surface area contributed by atoms with Crippen LogP contribution in [0.1, 0.15) is 24.8 Å². The number of nitrogens with two attached hydrogens (primary N) is 1. The first-order chi connectivity index (χ1) is 8.59. The molecule has 0 atom stereocenters. The molecule has 100 valence electrons. The zero-order chi connectivity index (χ0) is 13.3. The lowest BCUT2D eigenvalue weighted by molar-refractivity contribution is 0.241. The molecule has 0 bridgehead atoms. The van der Waals surface area contributed by atoms with Crippen molar-refractivity contribution in [3.8, 4) is 17.2 Å². The lowest BCUT2D eigenvalue weighted by atomic mass is 9.64. The van der Waals surface area contributed by atoms with E-state index < -0.39 is 0 Å². The number of aromatic hydroxyl groups is 1. The first-order valence-corrected chi connectivity index (χ1v) is 6.73. The molecule has 0 amide bonds. The number of phenolic OH excluding ortho intramolecular Hbond substituents is 1. The fourth-order valence-corrected chi connectivity index (χ4v) is 3.58. The van der Waals surface area contributed by atoms with E-state index in [0.29, 0.717) is 18.0 Å². The van der Waals surface area contributed by atoms with Crippen LogP contribution in [0.5, 0.6) is 17.2 Å². The lowest BCUT2D eigenvalue weighted by Gasteiger charge is -2.42. The van der Waals surface area contributed by atoms with Crippen LogP contribution in [0.15, 0.2) is 10.5 Å². The van der Waals surface area contributed by atoms with Crippen molar-refractivity contribution < 1.29 is 14.6 Å². The molecule has 1 saturated carbocycles. The minimum atomic E-state index is -0.136. The Morgan fingerprint density at radius 3 is 2.44 bits per heavy atom. The van der Waals surface area contributed by atoms with Gasteiger partial charge in [0.1, 0.15) is 5.75 Å². The van der Waals surface area contributed by atoms with Crippen molar-refractivity contribution in [1.82, 2.24) is 0 Å². The van der Waals surface area contributed by atoms with Crippen LogP contribution in [0.3, 0.4) is 0 Å². The van der Waals surface area contributed by atoms with Gasteiger partial charge in [0.05, 0.1) is 18.7 Å². The van der Waals surface area contributed by atoms with E-state index in [2.05, 4.69) is 15.9 Å². The van der Waals surface area contributed by atoms with E-state index in [1.807, 2.05) is 0 Å². The van der Waals surface area contributed by atoms with Crippen LogP contribution in [0.25, 0.3) is 0 Å². The Labute approximate surface area is 115 Å². The molecule has 2 rings (SSSR count). The molecule has 1 aliphatic rings. The number of benzene rings is 1. The molecule has 1 fully saturated rings. The number of hydrogen-bond donors (Lipinski definition) is 2. The molecule has 1 aromatic carbocycles. The van der Waals surface area contributed by atoms with Gasteiger partial charge in [0.2, 0.25) is 0 Å². The molecule has 1 aliphatic carbocycles. The minimum absolute atomic E-state index is 0.136. The van der Waals surface area contributed by atoms with Gasteiger partial charge in [-0.25, -0.2) is 0 Å². The van der Waals surface area contributed by atoms with Crippen LogP contribution in [0.4, 0.5) is 0 Å². The van der Waals surface area contributed by atoms with Crippen LogP contribution in [0.2, 0.25) is 0 Å². The SMILES string of the molecule is COc1cc(O)c(C2(CN)CCC2)c(Br)c1OC. The maximum atomic E-state index is 10.2. The second-order valence-electron chi connectivity index (χ2n) is 4.66. The Bertz CT molecular complexity index is 453. The fourth-order valence-electron chi connectivity index (χ4n) is 2.60. The Balaban J connectivity index is 2.61. The molecular weight excluding hydrogens is 298 g/mol. The highest BCUT2D eigenvalue weighted by molar-refractivity contribution is 9.10. The second kappa shape index (κ2) is 4.97. The average Bonchev–Trinajstić information content (AvgIpc) is 2.31. The zero-order valence-electron chi connectivity index (χ0n) is 10.6. The third-order valence-corrected chi connectivity index (χ3v) is 4.58. The third-order valence-electron chi connectivity index (χ3n) is 3.82. The summed E-state index contributed by atoms with van der Waals surface area (Å²) < 4.78 is 11.3. The third kappa shape index (κ3) is 1.86. The van der Waals surface area contributed by atoms with Gasteiger partial charge in [0.15, 0.2) is 11.5 Å². The molecule has 0 saturated heterocycles. The summed E-state index contributed by atoms with van der Waals surface area (Å²) >= 11 is 3.51. The largest absolute Gasteiger partial charge is 0.507 e. The van der Waals surface area contributed by atoms with Crippen LogP contribution < -0.4 is 15.2 Å². The number of ether oxygens (including phenoxy) is 2. The first-order valence-electron chi connectivity index (χ1n) is 5.93. The van der Waals surface area contributed by atoms with Gasteiger partial charge in [-0.15, -0.1) is 0 Å². The number of phenols is 1.